The maximum Gasteiger partial charge on any atom is 0.159 e. The molecule has 0 spiro atoms. The second-order valence-electron chi connectivity index (χ2n) is 13.0. The first-order valence-electron chi connectivity index (χ1n) is 17.1. The number of thiophene rings is 2. The lowest BCUT2D eigenvalue weighted by atomic mass is 10.0. The average Bonchev–Trinajstić information content (AvgIpc) is 3.86. The molecule has 4 nitrogen and oxygen atoms in total. The summed E-state index contributed by atoms with van der Waals surface area (Å²) in [7, 11) is 0. The van der Waals surface area contributed by atoms with Crippen LogP contribution in [-0.2, 0) is 0 Å². The van der Waals surface area contributed by atoms with Gasteiger partial charge in [-0.2, -0.15) is 0 Å². The molecule has 0 saturated heterocycles. The van der Waals surface area contributed by atoms with E-state index < -0.39 is 0 Å². The number of amidine groups is 2. The molecule has 3 aromatic heterocycles. The SMILES string of the molecule is c1ccc(C2=NC(c3ccccc3)NC(c3cccc4sc5cc6sc7cc(-n8c9ccccc9c9ccccc98)ccc7c6cc5c34)=N2)cc1. The minimum Gasteiger partial charge on any atom is -0.344 e. The molecule has 0 aliphatic carbocycles. The third-order valence-corrected chi connectivity index (χ3v) is 12.3. The van der Waals surface area contributed by atoms with Gasteiger partial charge >= 0.3 is 0 Å². The number of hydrogen-bond donors (Lipinski definition) is 1. The van der Waals surface area contributed by atoms with E-state index in [-0.39, 0.29) is 6.17 Å². The van der Waals surface area contributed by atoms with Gasteiger partial charge < -0.3 is 9.88 Å². The molecule has 1 N–H and O–H groups in total. The molecule has 1 aliphatic heterocycles. The minimum absolute atomic E-state index is 0.245. The van der Waals surface area contributed by atoms with Crippen LogP contribution >= 0.6 is 22.7 Å². The van der Waals surface area contributed by atoms with Crippen LogP contribution in [0.5, 0.6) is 0 Å². The van der Waals surface area contributed by atoms with Crippen molar-refractivity contribution in [2.24, 2.45) is 9.98 Å². The van der Waals surface area contributed by atoms with Crippen LogP contribution in [0.1, 0.15) is 22.9 Å². The van der Waals surface area contributed by atoms with Gasteiger partial charge in [-0.3, -0.25) is 0 Å². The Balaban J connectivity index is 1.08. The molecule has 0 bridgehead atoms. The van der Waals surface area contributed by atoms with Crippen LogP contribution in [0.3, 0.4) is 0 Å². The van der Waals surface area contributed by atoms with Crippen molar-refractivity contribution < 1.29 is 0 Å². The number of benzene rings is 7. The summed E-state index contributed by atoms with van der Waals surface area (Å²) in [6, 6.07) is 56.5. The summed E-state index contributed by atoms with van der Waals surface area (Å²) >= 11 is 3.73. The Labute approximate surface area is 301 Å². The maximum absolute atomic E-state index is 5.17. The van der Waals surface area contributed by atoms with E-state index in [1.165, 1.54) is 67.8 Å². The first-order valence-corrected chi connectivity index (χ1v) is 18.7. The van der Waals surface area contributed by atoms with Crippen LogP contribution in [0.15, 0.2) is 168 Å². The zero-order valence-corrected chi connectivity index (χ0v) is 28.9. The van der Waals surface area contributed by atoms with Crippen molar-refractivity contribution in [3.05, 3.63) is 174 Å². The average molecular weight is 689 g/mol. The van der Waals surface area contributed by atoms with Gasteiger partial charge in [0, 0.05) is 67.9 Å². The molecule has 10 aromatic rings. The zero-order valence-electron chi connectivity index (χ0n) is 27.2. The third kappa shape index (κ3) is 4.50. The third-order valence-electron chi connectivity index (χ3n) is 10.1. The van der Waals surface area contributed by atoms with Gasteiger partial charge in [0.05, 0.1) is 11.0 Å². The summed E-state index contributed by atoms with van der Waals surface area (Å²) in [5.41, 5.74) is 6.85. The van der Waals surface area contributed by atoms with E-state index in [1.54, 1.807) is 0 Å². The van der Waals surface area contributed by atoms with E-state index in [0.29, 0.717) is 0 Å². The van der Waals surface area contributed by atoms with Gasteiger partial charge in [0.2, 0.25) is 0 Å². The van der Waals surface area contributed by atoms with Crippen molar-refractivity contribution in [1.29, 1.82) is 0 Å². The van der Waals surface area contributed by atoms with Gasteiger partial charge in [0.1, 0.15) is 12.0 Å². The van der Waals surface area contributed by atoms with E-state index >= 15 is 0 Å². The number of nitrogens with zero attached hydrogens (tertiary/aromatic N) is 3. The predicted molar refractivity (Wildman–Crippen MR) is 218 cm³/mol. The largest absolute Gasteiger partial charge is 0.344 e. The molecule has 51 heavy (non-hydrogen) atoms. The Kier molecular flexibility index (Phi) is 6.32. The molecule has 7 aromatic carbocycles. The lowest BCUT2D eigenvalue weighted by Gasteiger charge is -2.24. The normalized spacial score (nSPS) is 14.9. The van der Waals surface area contributed by atoms with Gasteiger partial charge in [0.15, 0.2) is 5.84 Å². The molecule has 6 heteroatoms. The molecule has 11 rings (SSSR count). The lowest BCUT2D eigenvalue weighted by molar-refractivity contribution is 0.674. The highest BCUT2D eigenvalue weighted by atomic mass is 32.1. The van der Waals surface area contributed by atoms with E-state index in [0.717, 1.165) is 28.4 Å². The molecular formula is C45H28N4S2. The van der Waals surface area contributed by atoms with E-state index in [1.807, 2.05) is 46.9 Å². The second-order valence-corrected chi connectivity index (χ2v) is 15.2. The van der Waals surface area contributed by atoms with E-state index in [4.69, 9.17) is 9.98 Å². The summed E-state index contributed by atoms with van der Waals surface area (Å²) in [5, 5.41) is 11.3. The second kappa shape index (κ2) is 11.2. The Morgan fingerprint density at radius 2 is 1.18 bits per heavy atom. The van der Waals surface area contributed by atoms with Crippen molar-refractivity contribution in [2.45, 2.75) is 6.17 Å². The van der Waals surface area contributed by atoms with E-state index in [9.17, 15) is 0 Å². The first kappa shape index (κ1) is 28.7. The molecule has 1 aliphatic rings. The summed E-state index contributed by atoms with van der Waals surface area (Å²) in [4.78, 5) is 10.2. The molecule has 0 saturated carbocycles. The van der Waals surface area contributed by atoms with Crippen LogP contribution in [0.25, 0.3) is 67.8 Å². The number of rotatable bonds is 4. The predicted octanol–water partition coefficient (Wildman–Crippen LogP) is 12.0. The highest BCUT2D eigenvalue weighted by molar-refractivity contribution is 7.28. The molecule has 1 atom stereocenters. The Bertz CT molecular complexity index is 3000. The van der Waals surface area contributed by atoms with Gasteiger partial charge in [0.25, 0.3) is 0 Å². The van der Waals surface area contributed by atoms with Crippen molar-refractivity contribution in [3.8, 4) is 5.69 Å². The van der Waals surface area contributed by atoms with Gasteiger partial charge in [-0.05, 0) is 48.0 Å². The summed E-state index contributed by atoms with van der Waals surface area (Å²) in [6.45, 7) is 0. The van der Waals surface area contributed by atoms with Crippen molar-refractivity contribution in [3.63, 3.8) is 0 Å². The van der Waals surface area contributed by atoms with Gasteiger partial charge in [-0.25, -0.2) is 9.98 Å². The molecule has 4 heterocycles. The number of para-hydroxylation sites is 2. The number of hydrogen-bond acceptors (Lipinski definition) is 5. The number of aromatic nitrogens is 1. The molecule has 0 fully saturated rings. The fraction of sp³-hybridized carbons (Fsp3) is 0.0222. The van der Waals surface area contributed by atoms with Crippen molar-refractivity contribution in [1.82, 2.24) is 9.88 Å². The highest BCUT2D eigenvalue weighted by Gasteiger charge is 2.24. The van der Waals surface area contributed by atoms with Crippen LogP contribution in [0.2, 0.25) is 0 Å². The maximum atomic E-state index is 5.17. The van der Waals surface area contributed by atoms with Crippen LogP contribution in [0, 0.1) is 0 Å². The first-order chi connectivity index (χ1) is 25.3. The number of aliphatic imine (C=N–C) groups is 2. The molecule has 240 valence electrons. The lowest BCUT2D eigenvalue weighted by Crippen LogP contribution is -2.33. The number of nitrogens with one attached hydrogen (secondary N) is 1. The van der Waals surface area contributed by atoms with Crippen LogP contribution < -0.4 is 5.32 Å². The Morgan fingerprint density at radius 3 is 1.96 bits per heavy atom. The van der Waals surface area contributed by atoms with Crippen molar-refractivity contribution >= 4 is 96.5 Å². The van der Waals surface area contributed by atoms with Crippen molar-refractivity contribution in [2.75, 3.05) is 0 Å². The molecule has 1 unspecified atom stereocenters. The minimum atomic E-state index is -0.245. The monoisotopic (exact) mass is 688 g/mol. The Hall–Kier alpha value is -6.08. The topological polar surface area (TPSA) is 41.7 Å². The van der Waals surface area contributed by atoms with Gasteiger partial charge in [-0.1, -0.05) is 115 Å². The fourth-order valence-corrected chi connectivity index (χ4v) is 10.1. The fourth-order valence-electron chi connectivity index (χ4n) is 7.73. The summed E-state index contributed by atoms with van der Waals surface area (Å²) in [6.07, 6.45) is -0.245. The zero-order chi connectivity index (χ0) is 33.5. The van der Waals surface area contributed by atoms with Crippen LogP contribution in [0.4, 0.5) is 0 Å². The Morgan fingerprint density at radius 1 is 0.510 bits per heavy atom. The highest BCUT2D eigenvalue weighted by Crippen LogP contribution is 2.44. The number of fused-ring (bicyclic) bond motifs is 9. The molecule has 0 amide bonds. The summed E-state index contributed by atoms with van der Waals surface area (Å²) < 4.78 is 7.54. The van der Waals surface area contributed by atoms with Crippen LogP contribution in [-0.4, -0.2) is 16.2 Å². The smallest absolute Gasteiger partial charge is 0.159 e. The van der Waals surface area contributed by atoms with Gasteiger partial charge in [-0.15, -0.1) is 22.7 Å². The van der Waals surface area contributed by atoms with E-state index in [2.05, 4.69) is 143 Å². The standard InChI is InChI=1S/C45H28N4S2/c1-3-12-27(13-4-1)43-46-44(28-14-5-2-6-15-28)48-45(47-43)33-18-11-21-38-42(33)35-25-34-32-23-22-29(24-39(32)51-40(34)26-41(35)50-38)49-36-19-9-7-16-30(36)31-17-8-10-20-37(31)49/h1-26,43H,(H,46,47,48). The summed E-state index contributed by atoms with van der Waals surface area (Å²) in [5.74, 6) is 1.58. The molecular weight excluding hydrogens is 661 g/mol. The quantitative estimate of drug-likeness (QED) is 0.196. The molecule has 0 radical (unpaired) electrons.